The molecule has 14 heteroatoms. The zero-order valence-electron chi connectivity index (χ0n) is 24.8. The number of methoxy groups -OCH3 is 1. The Hall–Kier alpha value is -2.49. The Morgan fingerprint density at radius 1 is 1.17 bits per heavy atom. The molecule has 226 valence electrons. The first kappa shape index (κ1) is 32.4. The molecule has 0 spiro atoms. The average Bonchev–Trinajstić information content (AvgIpc) is 3.50. The highest BCUT2D eigenvalue weighted by atomic mass is 79.9. The van der Waals surface area contributed by atoms with Crippen LogP contribution in [0.1, 0.15) is 29.4 Å². The van der Waals surface area contributed by atoms with E-state index in [2.05, 4.69) is 67.5 Å². The van der Waals surface area contributed by atoms with Crippen molar-refractivity contribution in [3.8, 4) is 0 Å². The number of fused-ring (bicyclic) bond motifs is 1. The number of carbonyl (C=O) groups excluding carboxylic acids is 1. The SMILES string of the molecule is CCOC(=O)c1nc(N(CCCOC)c2cc(C)c(/N=c3\sc4ccccc4n3COCC[Si](C)(C)C)nn2)sc1Br. The van der Waals surface area contributed by atoms with Crippen molar-refractivity contribution >= 4 is 79.6 Å². The Bertz CT molecular complexity index is 1580. The summed E-state index contributed by atoms with van der Waals surface area (Å²) >= 11 is 6.41. The molecule has 42 heavy (non-hydrogen) atoms. The maximum Gasteiger partial charge on any atom is 0.359 e. The average molecular weight is 694 g/mol. The van der Waals surface area contributed by atoms with Crippen LogP contribution in [0.5, 0.6) is 0 Å². The van der Waals surface area contributed by atoms with E-state index >= 15 is 0 Å². The molecule has 10 nitrogen and oxygen atoms in total. The quantitative estimate of drug-likeness (QED) is 0.0797. The fourth-order valence-corrected chi connectivity index (χ4v) is 7.25. The van der Waals surface area contributed by atoms with Crippen molar-refractivity contribution in [3.63, 3.8) is 0 Å². The van der Waals surface area contributed by atoms with E-state index in [4.69, 9.17) is 19.2 Å². The second-order valence-electron chi connectivity index (χ2n) is 10.8. The Morgan fingerprint density at radius 3 is 2.67 bits per heavy atom. The van der Waals surface area contributed by atoms with Gasteiger partial charge in [0.25, 0.3) is 0 Å². The Balaban J connectivity index is 1.66. The summed E-state index contributed by atoms with van der Waals surface area (Å²) in [5.74, 6) is 0.671. The molecule has 0 bridgehead atoms. The third kappa shape index (κ3) is 8.32. The van der Waals surface area contributed by atoms with Crippen LogP contribution in [0.15, 0.2) is 39.1 Å². The number of halogens is 1. The predicted molar refractivity (Wildman–Crippen MR) is 175 cm³/mol. The number of nitrogens with zero attached hydrogens (tertiary/aromatic N) is 6. The van der Waals surface area contributed by atoms with Crippen LogP contribution in [-0.2, 0) is 20.9 Å². The monoisotopic (exact) mass is 692 g/mol. The van der Waals surface area contributed by atoms with E-state index in [9.17, 15) is 4.79 Å². The van der Waals surface area contributed by atoms with Crippen LogP contribution in [0.2, 0.25) is 25.7 Å². The summed E-state index contributed by atoms with van der Waals surface area (Å²) in [5.41, 5.74) is 2.18. The van der Waals surface area contributed by atoms with Gasteiger partial charge in [-0.25, -0.2) is 9.78 Å². The fraction of sp³-hybridized carbons (Fsp3) is 0.464. The molecule has 0 unspecified atom stereocenters. The minimum atomic E-state index is -1.19. The standard InChI is InChI=1S/C28H37BrN6O4S2Si/c1-7-39-26(36)23-24(29)41-27(30-23)34(13-10-14-37-3)22-17-19(2)25(33-32-22)31-28-35(18-38-15-16-42(4,5)6)20-11-8-9-12-21(20)40-28/h8-9,11-12,17H,7,10,13-16,18H2,1-6H3/b31-28-. The summed E-state index contributed by atoms with van der Waals surface area (Å²) in [4.78, 5) is 24.6. The maximum atomic E-state index is 12.4. The lowest BCUT2D eigenvalue weighted by Crippen LogP contribution is -2.23. The second-order valence-corrected chi connectivity index (χ2v) is 19.7. The van der Waals surface area contributed by atoms with E-state index < -0.39 is 14.0 Å². The number of para-hydroxylation sites is 1. The van der Waals surface area contributed by atoms with Crippen molar-refractivity contribution in [2.75, 3.05) is 38.4 Å². The topological polar surface area (TPSA) is 104 Å². The number of carbonyl (C=O) groups is 1. The Kier molecular flexibility index (Phi) is 11.4. The molecule has 0 aliphatic carbocycles. The number of esters is 1. The van der Waals surface area contributed by atoms with Crippen LogP contribution in [0, 0.1) is 6.92 Å². The molecule has 0 fully saturated rings. The number of hydrogen-bond donors (Lipinski definition) is 0. The number of anilines is 2. The smallest absolute Gasteiger partial charge is 0.359 e. The molecule has 3 heterocycles. The van der Waals surface area contributed by atoms with Crippen molar-refractivity contribution in [3.05, 3.63) is 50.2 Å². The fourth-order valence-electron chi connectivity index (χ4n) is 3.97. The summed E-state index contributed by atoms with van der Waals surface area (Å²) in [6.45, 7) is 13.3. The number of thiazole rings is 2. The number of rotatable bonds is 14. The number of ether oxygens (including phenoxy) is 3. The van der Waals surface area contributed by atoms with Gasteiger partial charge in [0, 0.05) is 34.9 Å². The summed E-state index contributed by atoms with van der Waals surface area (Å²) in [5, 5.41) is 9.68. The molecule has 0 aliphatic heterocycles. The molecule has 0 atom stereocenters. The van der Waals surface area contributed by atoms with E-state index in [1.807, 2.05) is 30.0 Å². The van der Waals surface area contributed by atoms with Crippen LogP contribution in [0.4, 0.5) is 16.8 Å². The van der Waals surface area contributed by atoms with Gasteiger partial charge in [-0.05, 0) is 66.0 Å². The van der Waals surface area contributed by atoms with Gasteiger partial charge >= 0.3 is 5.97 Å². The Labute approximate surface area is 263 Å². The van der Waals surface area contributed by atoms with Gasteiger partial charge in [-0.3, -0.25) is 4.57 Å². The van der Waals surface area contributed by atoms with Crippen molar-refractivity contribution in [1.29, 1.82) is 0 Å². The van der Waals surface area contributed by atoms with Crippen LogP contribution < -0.4 is 9.70 Å². The molecule has 1 aromatic carbocycles. The predicted octanol–water partition coefficient (Wildman–Crippen LogP) is 6.92. The van der Waals surface area contributed by atoms with E-state index in [0.29, 0.717) is 40.4 Å². The molecule has 4 aromatic rings. The molecule has 0 saturated carbocycles. The van der Waals surface area contributed by atoms with E-state index in [1.165, 1.54) is 11.3 Å². The number of benzene rings is 1. The van der Waals surface area contributed by atoms with Gasteiger partial charge in [-0.2, -0.15) is 4.99 Å². The summed E-state index contributed by atoms with van der Waals surface area (Å²) in [7, 11) is 0.477. The Morgan fingerprint density at radius 2 is 1.95 bits per heavy atom. The minimum absolute atomic E-state index is 0.242. The summed E-state index contributed by atoms with van der Waals surface area (Å²) in [6, 6.07) is 11.3. The van der Waals surface area contributed by atoms with Crippen LogP contribution in [-0.4, -0.2) is 67.3 Å². The van der Waals surface area contributed by atoms with Gasteiger partial charge in [0.1, 0.15) is 10.5 Å². The number of aryl methyl sites for hydroxylation is 1. The normalized spacial score (nSPS) is 12.3. The lowest BCUT2D eigenvalue weighted by atomic mass is 10.3. The first-order valence-corrected chi connectivity index (χ1v) is 19.9. The van der Waals surface area contributed by atoms with E-state index in [-0.39, 0.29) is 12.3 Å². The van der Waals surface area contributed by atoms with Crippen LogP contribution in [0.3, 0.4) is 0 Å². The van der Waals surface area contributed by atoms with Crippen LogP contribution >= 0.6 is 38.6 Å². The summed E-state index contributed by atoms with van der Waals surface area (Å²) < 4.78 is 20.4. The van der Waals surface area contributed by atoms with Crippen LogP contribution in [0.25, 0.3) is 10.2 Å². The lowest BCUT2D eigenvalue weighted by molar-refractivity contribution is 0.0519. The van der Waals surface area contributed by atoms with Crippen molar-refractivity contribution in [2.24, 2.45) is 4.99 Å². The first-order chi connectivity index (χ1) is 20.1. The molecular formula is C28H37BrN6O4S2Si. The van der Waals surface area contributed by atoms with Gasteiger partial charge in [0.15, 0.2) is 27.3 Å². The maximum absolute atomic E-state index is 12.4. The molecule has 0 amide bonds. The van der Waals surface area contributed by atoms with Gasteiger partial charge < -0.3 is 19.1 Å². The first-order valence-electron chi connectivity index (χ1n) is 13.8. The molecule has 0 radical (unpaired) electrons. The number of hydrogen-bond acceptors (Lipinski definition) is 11. The lowest BCUT2D eigenvalue weighted by Gasteiger charge is -2.20. The molecule has 0 aliphatic rings. The van der Waals surface area contributed by atoms with E-state index in [0.717, 1.165) is 39.7 Å². The van der Waals surface area contributed by atoms with Crippen molar-refractivity contribution < 1.29 is 19.0 Å². The molecule has 3 aromatic heterocycles. The van der Waals surface area contributed by atoms with Crippen molar-refractivity contribution in [1.82, 2.24) is 19.7 Å². The van der Waals surface area contributed by atoms with Gasteiger partial charge in [-0.1, -0.05) is 54.4 Å². The van der Waals surface area contributed by atoms with Crippen molar-refractivity contribution in [2.45, 2.75) is 52.7 Å². The molecular weight excluding hydrogens is 656 g/mol. The van der Waals surface area contributed by atoms with E-state index in [1.54, 1.807) is 25.4 Å². The second kappa shape index (κ2) is 14.8. The highest BCUT2D eigenvalue weighted by Crippen LogP contribution is 2.35. The zero-order valence-corrected chi connectivity index (χ0v) is 29.1. The van der Waals surface area contributed by atoms with Gasteiger partial charge in [0.2, 0.25) is 0 Å². The number of aromatic nitrogens is 4. The zero-order chi connectivity index (χ0) is 30.3. The third-order valence-corrected chi connectivity index (χ3v) is 10.7. The van der Waals surface area contributed by atoms with Gasteiger partial charge in [0.05, 0.1) is 16.8 Å². The molecule has 4 rings (SSSR count). The third-order valence-electron chi connectivity index (χ3n) is 6.23. The largest absolute Gasteiger partial charge is 0.461 e. The summed E-state index contributed by atoms with van der Waals surface area (Å²) in [6.07, 6.45) is 0.731. The molecule has 0 N–H and O–H groups in total. The minimum Gasteiger partial charge on any atom is -0.461 e. The van der Waals surface area contributed by atoms with Gasteiger partial charge in [-0.15, -0.1) is 10.2 Å². The molecule has 0 saturated heterocycles. The highest BCUT2D eigenvalue weighted by molar-refractivity contribution is 9.11. The highest BCUT2D eigenvalue weighted by Gasteiger charge is 2.23.